The number of rotatable bonds is 3. The SMILES string of the molecule is C/C(CC(C)(C)O)=C(/C#N)C(=O)O. The third-order valence-corrected chi connectivity index (χ3v) is 1.45. The van der Waals surface area contributed by atoms with Crippen LogP contribution in [0.4, 0.5) is 0 Å². The van der Waals surface area contributed by atoms with Gasteiger partial charge in [0.05, 0.1) is 5.60 Å². The highest BCUT2D eigenvalue weighted by Gasteiger charge is 2.18. The molecule has 0 spiro atoms. The number of nitrogens with zero attached hydrogens (tertiary/aromatic N) is 1. The number of carbonyl (C=O) groups is 1. The lowest BCUT2D eigenvalue weighted by Crippen LogP contribution is -2.19. The molecule has 0 amide bonds. The molecule has 13 heavy (non-hydrogen) atoms. The van der Waals surface area contributed by atoms with E-state index in [1.165, 1.54) is 6.92 Å². The van der Waals surface area contributed by atoms with Crippen molar-refractivity contribution in [3.8, 4) is 6.07 Å². The highest BCUT2D eigenvalue weighted by atomic mass is 16.4. The number of hydrogen-bond donors (Lipinski definition) is 2. The van der Waals surface area contributed by atoms with E-state index >= 15 is 0 Å². The molecule has 0 aromatic heterocycles. The van der Waals surface area contributed by atoms with Crippen molar-refractivity contribution in [2.45, 2.75) is 32.8 Å². The number of carboxylic acid groups (broad SMARTS) is 1. The Kier molecular flexibility index (Phi) is 3.64. The fourth-order valence-corrected chi connectivity index (χ4v) is 1.06. The van der Waals surface area contributed by atoms with Crippen LogP contribution < -0.4 is 0 Å². The van der Waals surface area contributed by atoms with E-state index in [1.54, 1.807) is 19.9 Å². The first-order valence-electron chi connectivity index (χ1n) is 3.83. The topological polar surface area (TPSA) is 81.3 Å². The summed E-state index contributed by atoms with van der Waals surface area (Å²) >= 11 is 0. The second-order valence-electron chi connectivity index (χ2n) is 3.56. The van der Waals surface area contributed by atoms with Crippen LogP contribution in [0.3, 0.4) is 0 Å². The third-order valence-electron chi connectivity index (χ3n) is 1.45. The van der Waals surface area contributed by atoms with Crippen LogP contribution >= 0.6 is 0 Å². The first-order chi connectivity index (χ1) is 5.78. The summed E-state index contributed by atoms with van der Waals surface area (Å²) in [7, 11) is 0. The minimum Gasteiger partial charge on any atom is -0.477 e. The largest absolute Gasteiger partial charge is 0.477 e. The van der Waals surface area contributed by atoms with Gasteiger partial charge in [-0.15, -0.1) is 0 Å². The number of aliphatic carboxylic acids is 1. The van der Waals surface area contributed by atoms with Gasteiger partial charge in [0.25, 0.3) is 0 Å². The monoisotopic (exact) mass is 183 g/mol. The molecular formula is C9H13NO3. The Balaban J connectivity index is 4.82. The van der Waals surface area contributed by atoms with E-state index in [1.807, 2.05) is 0 Å². The summed E-state index contributed by atoms with van der Waals surface area (Å²) in [5.41, 5.74) is -0.883. The van der Waals surface area contributed by atoms with Gasteiger partial charge >= 0.3 is 5.97 Å². The van der Waals surface area contributed by atoms with E-state index < -0.39 is 11.6 Å². The summed E-state index contributed by atoms with van der Waals surface area (Å²) in [5, 5.41) is 26.4. The predicted molar refractivity (Wildman–Crippen MR) is 46.9 cm³/mol. The van der Waals surface area contributed by atoms with Crippen LogP contribution in [-0.2, 0) is 4.79 Å². The molecule has 0 aromatic carbocycles. The van der Waals surface area contributed by atoms with E-state index in [4.69, 9.17) is 10.4 Å². The first kappa shape index (κ1) is 11.7. The van der Waals surface area contributed by atoms with Crippen LogP contribution in [0, 0.1) is 11.3 Å². The lowest BCUT2D eigenvalue weighted by molar-refractivity contribution is -0.132. The van der Waals surface area contributed by atoms with E-state index in [0.717, 1.165) is 0 Å². The van der Waals surface area contributed by atoms with Gasteiger partial charge < -0.3 is 10.2 Å². The van der Waals surface area contributed by atoms with Gasteiger partial charge in [-0.25, -0.2) is 4.79 Å². The fraction of sp³-hybridized carbons (Fsp3) is 0.556. The molecule has 4 heteroatoms. The Morgan fingerprint density at radius 3 is 2.23 bits per heavy atom. The van der Waals surface area contributed by atoms with E-state index in [9.17, 15) is 9.90 Å². The molecule has 0 unspecified atom stereocenters. The van der Waals surface area contributed by atoms with Gasteiger partial charge in [0.2, 0.25) is 0 Å². The van der Waals surface area contributed by atoms with Gasteiger partial charge in [0, 0.05) is 0 Å². The maximum atomic E-state index is 10.5. The number of hydrogen-bond acceptors (Lipinski definition) is 3. The van der Waals surface area contributed by atoms with Crippen LogP contribution in [0.15, 0.2) is 11.1 Å². The summed E-state index contributed by atoms with van der Waals surface area (Å²) in [6.07, 6.45) is 0.183. The third kappa shape index (κ3) is 4.28. The van der Waals surface area contributed by atoms with Crippen molar-refractivity contribution in [2.75, 3.05) is 0 Å². The molecule has 0 aliphatic rings. The van der Waals surface area contributed by atoms with Crippen LogP contribution in [-0.4, -0.2) is 21.8 Å². The van der Waals surface area contributed by atoms with Crippen molar-refractivity contribution < 1.29 is 15.0 Å². The smallest absolute Gasteiger partial charge is 0.346 e. The summed E-state index contributed by atoms with van der Waals surface area (Å²) in [5.74, 6) is -1.25. The van der Waals surface area contributed by atoms with E-state index in [0.29, 0.717) is 5.57 Å². The zero-order valence-electron chi connectivity index (χ0n) is 7.96. The molecule has 0 aliphatic heterocycles. The lowest BCUT2D eigenvalue weighted by atomic mass is 9.96. The highest BCUT2D eigenvalue weighted by molar-refractivity contribution is 5.91. The fourth-order valence-electron chi connectivity index (χ4n) is 1.06. The molecule has 2 N–H and O–H groups in total. The van der Waals surface area contributed by atoms with Crippen LogP contribution in [0.2, 0.25) is 0 Å². The Bertz CT molecular complexity index is 278. The molecule has 0 saturated heterocycles. The van der Waals surface area contributed by atoms with Gasteiger partial charge in [-0.2, -0.15) is 5.26 Å². The first-order valence-corrected chi connectivity index (χ1v) is 3.83. The highest BCUT2D eigenvalue weighted by Crippen LogP contribution is 2.17. The quantitative estimate of drug-likeness (QED) is 0.506. The summed E-state index contributed by atoms with van der Waals surface area (Å²) in [4.78, 5) is 10.5. The zero-order valence-corrected chi connectivity index (χ0v) is 7.96. The molecule has 4 nitrogen and oxygen atoms in total. The Morgan fingerprint density at radius 2 is 2.00 bits per heavy atom. The van der Waals surface area contributed by atoms with Crippen molar-refractivity contribution >= 4 is 5.97 Å². The van der Waals surface area contributed by atoms with Crippen molar-refractivity contribution in [2.24, 2.45) is 0 Å². The molecular weight excluding hydrogens is 170 g/mol. The molecule has 0 bridgehead atoms. The average Bonchev–Trinajstić information content (AvgIpc) is 1.82. The van der Waals surface area contributed by atoms with Crippen molar-refractivity contribution in [3.05, 3.63) is 11.1 Å². The second-order valence-corrected chi connectivity index (χ2v) is 3.56. The van der Waals surface area contributed by atoms with Crippen LogP contribution in [0.1, 0.15) is 27.2 Å². The molecule has 0 aliphatic carbocycles. The maximum absolute atomic E-state index is 10.5. The molecule has 0 aromatic rings. The summed E-state index contributed by atoms with van der Waals surface area (Å²) < 4.78 is 0. The standard InChI is InChI=1S/C9H13NO3/c1-6(4-9(2,3)13)7(5-10)8(11)12/h13H,4H2,1-3H3,(H,11,12)/b7-6+. The summed E-state index contributed by atoms with van der Waals surface area (Å²) in [6.45, 7) is 4.66. The predicted octanol–water partition coefficient (Wildman–Crippen LogP) is 1.07. The molecule has 0 rings (SSSR count). The number of aliphatic hydroxyl groups is 1. The Labute approximate surface area is 77.1 Å². The average molecular weight is 183 g/mol. The number of carboxylic acids is 1. The van der Waals surface area contributed by atoms with Gasteiger partial charge in [-0.3, -0.25) is 0 Å². The van der Waals surface area contributed by atoms with Gasteiger partial charge in [-0.05, 0) is 32.8 Å². The number of nitriles is 1. The molecule has 72 valence electrons. The molecule has 0 saturated carbocycles. The van der Waals surface area contributed by atoms with Crippen molar-refractivity contribution in [1.82, 2.24) is 0 Å². The van der Waals surface area contributed by atoms with E-state index in [-0.39, 0.29) is 12.0 Å². The van der Waals surface area contributed by atoms with Crippen molar-refractivity contribution in [3.63, 3.8) is 0 Å². The summed E-state index contributed by atoms with van der Waals surface area (Å²) in [6, 6.07) is 1.59. The second kappa shape index (κ2) is 4.06. The molecule has 0 atom stereocenters. The Morgan fingerprint density at radius 1 is 1.54 bits per heavy atom. The lowest BCUT2D eigenvalue weighted by Gasteiger charge is -2.17. The molecule has 0 fully saturated rings. The Hall–Kier alpha value is -1.34. The zero-order chi connectivity index (χ0) is 10.6. The molecule has 0 heterocycles. The maximum Gasteiger partial charge on any atom is 0.346 e. The molecule has 0 radical (unpaired) electrons. The normalized spacial score (nSPS) is 13.2. The van der Waals surface area contributed by atoms with Crippen LogP contribution in [0.5, 0.6) is 0 Å². The van der Waals surface area contributed by atoms with Crippen LogP contribution in [0.25, 0.3) is 0 Å². The van der Waals surface area contributed by atoms with E-state index in [2.05, 4.69) is 0 Å². The van der Waals surface area contributed by atoms with Gasteiger partial charge in [-0.1, -0.05) is 0 Å². The van der Waals surface area contributed by atoms with Crippen molar-refractivity contribution in [1.29, 1.82) is 5.26 Å². The minimum atomic E-state index is -1.25. The van der Waals surface area contributed by atoms with Gasteiger partial charge in [0.1, 0.15) is 11.6 Å². The minimum absolute atomic E-state index is 0.183. The van der Waals surface area contributed by atoms with Gasteiger partial charge in [0.15, 0.2) is 0 Å².